The number of aromatic nitrogens is 3. The van der Waals surface area contributed by atoms with Gasteiger partial charge in [-0.2, -0.15) is 10.1 Å². The van der Waals surface area contributed by atoms with Crippen LogP contribution in [0.4, 0.5) is 23.1 Å². The summed E-state index contributed by atoms with van der Waals surface area (Å²) in [6, 6.07) is 16.8. The predicted molar refractivity (Wildman–Crippen MR) is 116 cm³/mol. The fraction of sp³-hybridized carbons (Fsp3) is 0.318. The molecule has 6 heteroatoms. The number of hydrogen-bond donors (Lipinski definition) is 2. The van der Waals surface area contributed by atoms with Crippen LogP contribution in [0.2, 0.25) is 0 Å². The summed E-state index contributed by atoms with van der Waals surface area (Å²) >= 11 is 0. The summed E-state index contributed by atoms with van der Waals surface area (Å²) in [5.74, 6) is 1.20. The molecule has 0 fully saturated rings. The van der Waals surface area contributed by atoms with Crippen molar-refractivity contribution in [3.8, 4) is 0 Å². The van der Waals surface area contributed by atoms with Gasteiger partial charge in [0.15, 0.2) is 5.82 Å². The minimum absolute atomic E-state index is 0.526. The van der Waals surface area contributed by atoms with Gasteiger partial charge < -0.3 is 15.5 Å². The van der Waals surface area contributed by atoms with Gasteiger partial charge in [0.2, 0.25) is 5.95 Å². The number of nitrogens with zero attached hydrogens (tertiary/aromatic N) is 4. The third-order valence-corrected chi connectivity index (χ3v) is 4.70. The van der Waals surface area contributed by atoms with Gasteiger partial charge in [0.25, 0.3) is 0 Å². The first-order valence-corrected chi connectivity index (χ1v) is 9.79. The summed E-state index contributed by atoms with van der Waals surface area (Å²) < 4.78 is 0. The topological polar surface area (TPSA) is 66.0 Å². The summed E-state index contributed by atoms with van der Waals surface area (Å²) in [5, 5.41) is 14.7. The molecule has 0 bridgehead atoms. The van der Waals surface area contributed by atoms with Crippen molar-refractivity contribution in [1.82, 2.24) is 15.2 Å². The number of nitrogens with one attached hydrogen (secondary N) is 2. The van der Waals surface area contributed by atoms with E-state index in [1.165, 1.54) is 16.8 Å². The largest absolute Gasteiger partial charge is 0.372 e. The van der Waals surface area contributed by atoms with E-state index in [1.54, 1.807) is 6.20 Å². The molecule has 28 heavy (non-hydrogen) atoms. The molecule has 0 atom stereocenters. The van der Waals surface area contributed by atoms with E-state index in [0.717, 1.165) is 31.7 Å². The molecule has 0 amide bonds. The molecule has 0 saturated carbocycles. The van der Waals surface area contributed by atoms with Crippen molar-refractivity contribution < 1.29 is 0 Å². The van der Waals surface area contributed by atoms with E-state index in [-0.39, 0.29) is 0 Å². The Bertz CT molecular complexity index is 877. The zero-order chi connectivity index (χ0) is 19.8. The summed E-state index contributed by atoms with van der Waals surface area (Å²) in [6.07, 6.45) is 2.55. The lowest BCUT2D eigenvalue weighted by Gasteiger charge is -2.22. The monoisotopic (exact) mass is 376 g/mol. The van der Waals surface area contributed by atoms with Gasteiger partial charge in [0.1, 0.15) is 0 Å². The molecule has 0 spiro atoms. The molecule has 3 rings (SSSR count). The van der Waals surface area contributed by atoms with E-state index >= 15 is 0 Å². The van der Waals surface area contributed by atoms with E-state index in [4.69, 9.17) is 0 Å². The maximum atomic E-state index is 4.52. The van der Waals surface area contributed by atoms with Crippen molar-refractivity contribution in [3.63, 3.8) is 0 Å². The Labute approximate surface area is 167 Å². The van der Waals surface area contributed by atoms with Crippen molar-refractivity contribution in [2.24, 2.45) is 0 Å². The minimum Gasteiger partial charge on any atom is -0.372 e. The Kier molecular flexibility index (Phi) is 6.78. The highest BCUT2D eigenvalue weighted by Crippen LogP contribution is 2.24. The molecule has 0 saturated heterocycles. The van der Waals surface area contributed by atoms with Crippen LogP contribution in [-0.4, -0.2) is 34.8 Å². The van der Waals surface area contributed by atoms with Gasteiger partial charge in [0.05, 0.1) is 6.20 Å². The molecule has 146 valence electrons. The van der Waals surface area contributed by atoms with Gasteiger partial charge in [-0.3, -0.25) is 0 Å². The van der Waals surface area contributed by atoms with E-state index in [0.29, 0.717) is 11.8 Å². The molecule has 1 aromatic heterocycles. The van der Waals surface area contributed by atoms with Gasteiger partial charge >= 0.3 is 0 Å². The quantitative estimate of drug-likeness (QED) is 0.576. The Balaban J connectivity index is 1.62. The van der Waals surface area contributed by atoms with Crippen LogP contribution in [-0.2, 0) is 6.42 Å². The standard InChI is InChI=1S/C22H28N6/c1-4-28(5-2)19-11-12-20(17(3)15-19)25-21-16-24-27-22(26-21)23-14-13-18-9-7-6-8-10-18/h6-12,15-16H,4-5,13-14H2,1-3H3,(H2,23,25,26,27). The molecule has 0 aliphatic carbocycles. The van der Waals surface area contributed by atoms with Crippen LogP contribution in [0, 0.1) is 6.92 Å². The van der Waals surface area contributed by atoms with Gasteiger partial charge in [-0.25, -0.2) is 0 Å². The average molecular weight is 377 g/mol. The van der Waals surface area contributed by atoms with Crippen LogP contribution in [0.15, 0.2) is 54.7 Å². The lowest BCUT2D eigenvalue weighted by atomic mass is 10.1. The molecular weight excluding hydrogens is 348 g/mol. The van der Waals surface area contributed by atoms with E-state index < -0.39 is 0 Å². The first kappa shape index (κ1) is 19.6. The zero-order valence-corrected chi connectivity index (χ0v) is 16.8. The SMILES string of the molecule is CCN(CC)c1ccc(Nc2cnnc(NCCc3ccccc3)n2)c(C)c1. The first-order chi connectivity index (χ1) is 13.7. The molecule has 0 radical (unpaired) electrons. The van der Waals surface area contributed by atoms with Crippen LogP contribution >= 0.6 is 0 Å². The minimum atomic E-state index is 0.526. The highest BCUT2D eigenvalue weighted by molar-refractivity contribution is 5.65. The second-order valence-corrected chi connectivity index (χ2v) is 6.62. The van der Waals surface area contributed by atoms with Gasteiger partial charge in [-0.1, -0.05) is 30.3 Å². The zero-order valence-electron chi connectivity index (χ0n) is 16.8. The third-order valence-electron chi connectivity index (χ3n) is 4.70. The smallest absolute Gasteiger partial charge is 0.244 e. The predicted octanol–water partition coefficient (Wildman–Crippen LogP) is 4.42. The molecule has 2 N–H and O–H groups in total. The molecule has 3 aromatic rings. The van der Waals surface area contributed by atoms with E-state index in [1.807, 2.05) is 18.2 Å². The van der Waals surface area contributed by atoms with E-state index in [9.17, 15) is 0 Å². The van der Waals surface area contributed by atoms with Crippen LogP contribution in [0.3, 0.4) is 0 Å². The highest BCUT2D eigenvalue weighted by atomic mass is 15.3. The van der Waals surface area contributed by atoms with Crippen molar-refractivity contribution in [2.45, 2.75) is 27.2 Å². The number of hydrogen-bond acceptors (Lipinski definition) is 6. The Hall–Kier alpha value is -3.15. The summed E-state index contributed by atoms with van der Waals surface area (Å²) in [7, 11) is 0. The number of anilines is 4. The van der Waals surface area contributed by atoms with Crippen molar-refractivity contribution in [2.75, 3.05) is 35.2 Å². The maximum absolute atomic E-state index is 4.52. The average Bonchev–Trinajstić information content (AvgIpc) is 2.72. The van der Waals surface area contributed by atoms with Gasteiger partial charge in [0, 0.05) is 31.0 Å². The second kappa shape index (κ2) is 9.69. The Morgan fingerprint density at radius 1 is 1.00 bits per heavy atom. The molecule has 1 heterocycles. The van der Waals surface area contributed by atoms with Crippen LogP contribution < -0.4 is 15.5 Å². The number of aryl methyl sites for hydroxylation is 1. The number of benzene rings is 2. The van der Waals surface area contributed by atoms with Crippen molar-refractivity contribution in [1.29, 1.82) is 0 Å². The first-order valence-electron chi connectivity index (χ1n) is 9.79. The molecule has 2 aromatic carbocycles. The summed E-state index contributed by atoms with van der Waals surface area (Å²) in [5.41, 5.74) is 4.70. The fourth-order valence-corrected chi connectivity index (χ4v) is 3.11. The molecular formula is C22H28N6. The lowest BCUT2D eigenvalue weighted by molar-refractivity contribution is 0.866. The molecule has 6 nitrogen and oxygen atoms in total. The fourth-order valence-electron chi connectivity index (χ4n) is 3.11. The Morgan fingerprint density at radius 3 is 2.50 bits per heavy atom. The Morgan fingerprint density at radius 2 is 1.79 bits per heavy atom. The van der Waals surface area contributed by atoms with Gasteiger partial charge in [-0.15, -0.1) is 5.10 Å². The summed E-state index contributed by atoms with van der Waals surface area (Å²) in [6.45, 7) is 9.19. The van der Waals surface area contributed by atoms with Crippen LogP contribution in [0.1, 0.15) is 25.0 Å². The lowest BCUT2D eigenvalue weighted by Crippen LogP contribution is -2.21. The normalized spacial score (nSPS) is 10.5. The van der Waals surface area contributed by atoms with Crippen molar-refractivity contribution in [3.05, 3.63) is 65.9 Å². The van der Waals surface area contributed by atoms with Crippen LogP contribution in [0.5, 0.6) is 0 Å². The highest BCUT2D eigenvalue weighted by Gasteiger charge is 2.07. The maximum Gasteiger partial charge on any atom is 0.244 e. The summed E-state index contributed by atoms with van der Waals surface area (Å²) in [4.78, 5) is 6.86. The second-order valence-electron chi connectivity index (χ2n) is 6.62. The van der Waals surface area contributed by atoms with E-state index in [2.05, 4.69) is 81.8 Å². The molecule has 0 aliphatic heterocycles. The number of rotatable bonds is 9. The third kappa shape index (κ3) is 5.19. The molecule has 0 aliphatic rings. The van der Waals surface area contributed by atoms with Crippen LogP contribution in [0.25, 0.3) is 0 Å². The van der Waals surface area contributed by atoms with Crippen molar-refractivity contribution >= 4 is 23.1 Å². The van der Waals surface area contributed by atoms with Gasteiger partial charge in [-0.05, 0) is 56.5 Å². The molecule has 0 unspecified atom stereocenters.